The first-order chi connectivity index (χ1) is 16.3. The molecule has 2 amide bonds. The minimum absolute atomic E-state index is 0.0313. The number of carbonyl (C=O) groups excluding carboxylic acids is 2. The molecule has 1 aliphatic carbocycles. The van der Waals surface area contributed by atoms with Crippen LogP contribution in [0.15, 0.2) is 48.5 Å². The number of carboxylic acid groups (broad SMARTS) is 1. The van der Waals surface area contributed by atoms with Gasteiger partial charge in [0.1, 0.15) is 23.4 Å². The summed E-state index contributed by atoms with van der Waals surface area (Å²) in [5, 5.41) is 12.4. The van der Waals surface area contributed by atoms with Crippen LogP contribution in [-0.2, 0) is 16.1 Å². The molecule has 0 unspecified atom stereocenters. The summed E-state index contributed by atoms with van der Waals surface area (Å²) < 4.78 is 5.53. The van der Waals surface area contributed by atoms with E-state index in [0.29, 0.717) is 9.88 Å². The summed E-state index contributed by atoms with van der Waals surface area (Å²) in [4.78, 5) is 42.3. The van der Waals surface area contributed by atoms with Gasteiger partial charge in [0.2, 0.25) is 0 Å². The van der Waals surface area contributed by atoms with Crippen molar-refractivity contribution in [2.75, 3.05) is 13.7 Å². The molecule has 1 atom stereocenters. The normalized spacial score (nSPS) is 13.0. The van der Waals surface area contributed by atoms with Crippen LogP contribution in [0, 0.1) is 6.92 Å². The number of aromatic nitrogens is 1. The number of aliphatic carboxylic acids is 1. The number of nitrogens with zero attached hydrogens (tertiary/aromatic N) is 2. The van der Waals surface area contributed by atoms with Crippen LogP contribution in [0.25, 0.3) is 11.1 Å². The Balaban J connectivity index is 1.36. The van der Waals surface area contributed by atoms with Gasteiger partial charge in [0.25, 0.3) is 5.91 Å². The number of amides is 2. The lowest BCUT2D eigenvalue weighted by molar-refractivity contribution is -0.141. The van der Waals surface area contributed by atoms with Crippen molar-refractivity contribution in [2.24, 2.45) is 0 Å². The molecular weight excluding hydrogens is 454 g/mol. The largest absolute Gasteiger partial charge is 0.480 e. The fraction of sp³-hybridized carbons (Fsp3) is 0.280. The smallest absolute Gasteiger partial charge is 0.407 e. The van der Waals surface area contributed by atoms with E-state index in [1.54, 1.807) is 6.92 Å². The maximum Gasteiger partial charge on any atom is 0.407 e. The summed E-state index contributed by atoms with van der Waals surface area (Å²) in [5.74, 6) is -1.60. The molecule has 0 saturated carbocycles. The van der Waals surface area contributed by atoms with Crippen LogP contribution < -0.4 is 5.32 Å². The molecule has 2 aromatic carbocycles. The summed E-state index contributed by atoms with van der Waals surface area (Å²) in [7, 11) is 1.43. The molecule has 1 aromatic heterocycles. The number of hydrogen-bond acceptors (Lipinski definition) is 6. The summed E-state index contributed by atoms with van der Waals surface area (Å²) in [6.07, 6.45) is -0.570. The van der Waals surface area contributed by atoms with Gasteiger partial charge in [-0.1, -0.05) is 48.5 Å². The zero-order chi connectivity index (χ0) is 24.4. The second-order valence-corrected chi connectivity index (χ2v) is 9.41. The number of aryl methyl sites for hydroxylation is 1. The third-order valence-corrected chi connectivity index (χ3v) is 7.00. The van der Waals surface area contributed by atoms with Crippen molar-refractivity contribution in [3.63, 3.8) is 0 Å². The number of ether oxygens (including phenoxy) is 1. The van der Waals surface area contributed by atoms with E-state index in [1.807, 2.05) is 24.3 Å². The quantitative estimate of drug-likeness (QED) is 0.530. The number of carboxylic acids is 1. The Bertz CT molecular complexity index is 1210. The van der Waals surface area contributed by atoms with Gasteiger partial charge in [-0.3, -0.25) is 4.79 Å². The number of carbonyl (C=O) groups is 3. The average molecular weight is 480 g/mol. The van der Waals surface area contributed by atoms with Crippen molar-refractivity contribution in [1.29, 1.82) is 0 Å². The van der Waals surface area contributed by atoms with Gasteiger partial charge < -0.3 is 20.1 Å². The fourth-order valence-electron chi connectivity index (χ4n) is 4.03. The summed E-state index contributed by atoms with van der Waals surface area (Å²) in [5.41, 5.74) is 4.77. The van der Waals surface area contributed by atoms with E-state index in [0.717, 1.165) is 27.2 Å². The van der Waals surface area contributed by atoms with E-state index in [-0.39, 0.29) is 24.8 Å². The van der Waals surface area contributed by atoms with Crippen LogP contribution in [0.1, 0.15) is 44.3 Å². The molecule has 0 radical (unpaired) electrons. The minimum atomic E-state index is -1.10. The maximum atomic E-state index is 12.6. The van der Waals surface area contributed by atoms with Gasteiger partial charge in [0, 0.05) is 17.8 Å². The van der Waals surface area contributed by atoms with Gasteiger partial charge in [-0.2, -0.15) is 0 Å². The Morgan fingerprint density at radius 3 is 2.29 bits per heavy atom. The molecular formula is C25H25N3O5S. The van der Waals surface area contributed by atoms with E-state index in [1.165, 1.54) is 25.3 Å². The lowest BCUT2D eigenvalue weighted by Gasteiger charge is -2.20. The van der Waals surface area contributed by atoms with Crippen molar-refractivity contribution in [1.82, 2.24) is 15.2 Å². The Hall–Kier alpha value is -3.72. The monoisotopic (exact) mass is 479 g/mol. The zero-order valence-electron chi connectivity index (χ0n) is 19.1. The van der Waals surface area contributed by atoms with Crippen molar-refractivity contribution < 1.29 is 24.2 Å². The standard InChI is InChI=1S/C25H25N3O5S/c1-14(24(30)31)28(3)23(29)22-15(2)34-21(27-22)12-26-25(32)33-13-20-18-10-6-4-8-16(18)17-9-5-7-11-19(17)20/h4-11,14,20H,12-13H2,1-3H3,(H,26,32)(H,30,31)/t14-/m0/s1. The highest BCUT2D eigenvalue weighted by Crippen LogP contribution is 2.44. The molecule has 34 heavy (non-hydrogen) atoms. The van der Waals surface area contributed by atoms with Crippen LogP contribution in [0.3, 0.4) is 0 Å². The van der Waals surface area contributed by atoms with Crippen molar-refractivity contribution in [3.8, 4) is 11.1 Å². The Morgan fingerprint density at radius 1 is 1.12 bits per heavy atom. The van der Waals surface area contributed by atoms with Gasteiger partial charge in [-0.15, -0.1) is 11.3 Å². The highest BCUT2D eigenvalue weighted by atomic mass is 32.1. The molecule has 0 bridgehead atoms. The van der Waals surface area contributed by atoms with Crippen molar-refractivity contribution >= 4 is 29.3 Å². The predicted octanol–water partition coefficient (Wildman–Crippen LogP) is 4.04. The maximum absolute atomic E-state index is 12.6. The Morgan fingerprint density at radius 2 is 1.71 bits per heavy atom. The average Bonchev–Trinajstić information content (AvgIpc) is 3.37. The first-order valence-electron chi connectivity index (χ1n) is 10.8. The molecule has 9 heteroatoms. The fourth-order valence-corrected chi connectivity index (χ4v) is 4.90. The first kappa shape index (κ1) is 23.4. The number of hydrogen-bond donors (Lipinski definition) is 2. The molecule has 4 rings (SSSR count). The van der Waals surface area contributed by atoms with Crippen LogP contribution in [0.5, 0.6) is 0 Å². The number of fused-ring (bicyclic) bond motifs is 3. The van der Waals surface area contributed by atoms with Crippen LogP contribution in [0.4, 0.5) is 4.79 Å². The SMILES string of the molecule is Cc1sc(CNC(=O)OCC2c3ccccc3-c3ccccc32)nc1C(=O)N(C)[C@@H](C)C(=O)O. The first-order valence-corrected chi connectivity index (χ1v) is 11.6. The lowest BCUT2D eigenvalue weighted by atomic mass is 9.98. The zero-order valence-corrected chi connectivity index (χ0v) is 19.9. The molecule has 0 spiro atoms. The molecule has 3 aromatic rings. The summed E-state index contributed by atoms with van der Waals surface area (Å²) >= 11 is 1.27. The van der Waals surface area contributed by atoms with E-state index in [4.69, 9.17) is 9.84 Å². The second-order valence-electron chi connectivity index (χ2n) is 8.12. The van der Waals surface area contributed by atoms with Crippen molar-refractivity contribution in [3.05, 3.63) is 75.2 Å². The van der Waals surface area contributed by atoms with Gasteiger partial charge in [-0.05, 0) is 36.1 Å². The van der Waals surface area contributed by atoms with Crippen molar-refractivity contribution in [2.45, 2.75) is 32.4 Å². The molecule has 176 valence electrons. The number of nitrogens with one attached hydrogen (secondary N) is 1. The minimum Gasteiger partial charge on any atom is -0.480 e. The van der Waals surface area contributed by atoms with Gasteiger partial charge in [-0.25, -0.2) is 14.6 Å². The van der Waals surface area contributed by atoms with E-state index >= 15 is 0 Å². The van der Waals surface area contributed by atoms with Gasteiger partial charge >= 0.3 is 12.1 Å². The molecule has 1 heterocycles. The number of alkyl carbamates (subject to hydrolysis) is 1. The van der Waals surface area contributed by atoms with Crippen LogP contribution in [0.2, 0.25) is 0 Å². The lowest BCUT2D eigenvalue weighted by Crippen LogP contribution is -2.40. The Labute approximate surface area is 201 Å². The molecule has 1 aliphatic rings. The molecule has 8 nitrogen and oxygen atoms in total. The topological polar surface area (TPSA) is 109 Å². The van der Waals surface area contributed by atoms with E-state index < -0.39 is 24.0 Å². The summed E-state index contributed by atoms with van der Waals surface area (Å²) in [6, 6.07) is 15.3. The molecule has 0 saturated heterocycles. The number of benzene rings is 2. The van der Waals surface area contributed by atoms with Crippen LogP contribution >= 0.6 is 11.3 Å². The van der Waals surface area contributed by atoms with Gasteiger partial charge in [0.05, 0.1) is 6.54 Å². The number of likely N-dealkylation sites (N-methyl/N-ethyl adjacent to an activating group) is 1. The van der Waals surface area contributed by atoms with Crippen LogP contribution in [-0.4, -0.2) is 52.7 Å². The Kier molecular flexibility index (Phi) is 6.65. The third-order valence-electron chi connectivity index (χ3n) is 6.03. The molecule has 0 fully saturated rings. The van der Waals surface area contributed by atoms with Gasteiger partial charge in [0.15, 0.2) is 0 Å². The third kappa shape index (κ3) is 4.51. The molecule has 2 N–H and O–H groups in total. The predicted molar refractivity (Wildman–Crippen MR) is 128 cm³/mol. The van der Waals surface area contributed by atoms with E-state index in [9.17, 15) is 14.4 Å². The molecule has 0 aliphatic heterocycles. The number of thiazole rings is 1. The summed E-state index contributed by atoms with van der Waals surface area (Å²) in [6.45, 7) is 3.48. The van der Waals surface area contributed by atoms with E-state index in [2.05, 4.69) is 34.6 Å². The number of rotatable bonds is 7. The highest BCUT2D eigenvalue weighted by molar-refractivity contribution is 7.11. The second kappa shape index (κ2) is 9.64. The highest BCUT2D eigenvalue weighted by Gasteiger charge is 2.29.